The molecule has 6 heteroatoms. The minimum Gasteiger partial charge on any atom is -0.493 e. The van der Waals surface area contributed by atoms with Crippen LogP contribution < -0.4 is 9.47 Å². The van der Waals surface area contributed by atoms with Gasteiger partial charge in [-0.05, 0) is 49.5 Å². The molecule has 1 aromatic carbocycles. The van der Waals surface area contributed by atoms with Gasteiger partial charge in [-0.25, -0.2) is 0 Å². The minimum atomic E-state index is -0.540. The lowest BCUT2D eigenvalue weighted by Crippen LogP contribution is -2.35. The van der Waals surface area contributed by atoms with Crippen LogP contribution in [0.1, 0.15) is 25.0 Å². The molecule has 2 aromatic rings. The molecule has 1 aromatic heterocycles. The van der Waals surface area contributed by atoms with E-state index in [1.54, 1.807) is 13.3 Å². The Kier molecular flexibility index (Phi) is 9.20. The van der Waals surface area contributed by atoms with Crippen LogP contribution in [0, 0.1) is 0 Å². The number of benzene rings is 1. The van der Waals surface area contributed by atoms with Crippen molar-refractivity contribution in [3.63, 3.8) is 0 Å². The van der Waals surface area contributed by atoms with Crippen molar-refractivity contribution in [2.75, 3.05) is 40.4 Å². The van der Waals surface area contributed by atoms with Gasteiger partial charge in [0, 0.05) is 32.0 Å². The highest BCUT2D eigenvalue weighted by molar-refractivity contribution is 5.43. The summed E-state index contributed by atoms with van der Waals surface area (Å²) in [7, 11) is 3.70. The number of hydrogen-bond donors (Lipinski definition) is 1. The number of likely N-dealkylation sites (N-methyl/N-ethyl adjacent to an activating group) is 1. The van der Waals surface area contributed by atoms with E-state index in [4.69, 9.17) is 9.47 Å². The van der Waals surface area contributed by atoms with Gasteiger partial charge in [0.05, 0.1) is 7.11 Å². The first-order chi connectivity index (χ1) is 13.5. The molecule has 28 heavy (non-hydrogen) atoms. The molecule has 2 rings (SSSR count). The smallest absolute Gasteiger partial charge is 0.161 e. The Labute approximate surface area is 168 Å². The van der Waals surface area contributed by atoms with E-state index in [1.807, 2.05) is 30.5 Å². The molecular formula is C22H33N3O3. The van der Waals surface area contributed by atoms with Crippen LogP contribution in [0.15, 0.2) is 42.7 Å². The first-order valence-corrected chi connectivity index (χ1v) is 9.83. The molecule has 0 radical (unpaired) electrons. The van der Waals surface area contributed by atoms with Crippen LogP contribution in [-0.2, 0) is 13.1 Å². The minimum absolute atomic E-state index is 0.238. The molecule has 0 spiro atoms. The van der Waals surface area contributed by atoms with Gasteiger partial charge in [-0.2, -0.15) is 0 Å². The van der Waals surface area contributed by atoms with Crippen molar-refractivity contribution >= 4 is 0 Å². The summed E-state index contributed by atoms with van der Waals surface area (Å²) >= 11 is 0. The first-order valence-electron chi connectivity index (χ1n) is 9.83. The molecule has 0 fully saturated rings. The SMILES string of the molecule is CCN(CC)C[C@@H](O)COc1cc(CN(C)Cc2cccnc2)ccc1OC. The zero-order valence-corrected chi connectivity index (χ0v) is 17.5. The van der Waals surface area contributed by atoms with E-state index in [0.717, 1.165) is 31.7 Å². The third-order valence-corrected chi connectivity index (χ3v) is 4.65. The molecule has 0 aliphatic carbocycles. The average Bonchev–Trinajstić information content (AvgIpc) is 2.71. The van der Waals surface area contributed by atoms with Crippen molar-refractivity contribution in [2.45, 2.75) is 33.0 Å². The van der Waals surface area contributed by atoms with Crippen LogP contribution in [-0.4, -0.2) is 66.4 Å². The van der Waals surface area contributed by atoms with Gasteiger partial charge in [-0.3, -0.25) is 9.88 Å². The van der Waals surface area contributed by atoms with Crippen LogP contribution in [0.25, 0.3) is 0 Å². The second kappa shape index (κ2) is 11.6. The highest BCUT2D eigenvalue weighted by Crippen LogP contribution is 2.28. The van der Waals surface area contributed by atoms with Crippen molar-refractivity contribution in [1.82, 2.24) is 14.8 Å². The first kappa shape index (κ1) is 22.1. The fourth-order valence-corrected chi connectivity index (χ4v) is 3.12. The fraction of sp³-hybridized carbons (Fsp3) is 0.500. The highest BCUT2D eigenvalue weighted by atomic mass is 16.5. The van der Waals surface area contributed by atoms with Gasteiger partial charge in [0.1, 0.15) is 12.7 Å². The Morgan fingerprint density at radius 3 is 2.46 bits per heavy atom. The van der Waals surface area contributed by atoms with E-state index in [9.17, 15) is 5.11 Å². The van der Waals surface area contributed by atoms with Crippen molar-refractivity contribution in [3.05, 3.63) is 53.9 Å². The maximum atomic E-state index is 10.3. The molecule has 0 saturated heterocycles. The standard InChI is InChI=1S/C22H33N3O3/c1-5-25(6-2)16-20(26)17-28-22-12-18(9-10-21(22)27-4)14-24(3)15-19-8-7-11-23-13-19/h7-13,20,26H,5-6,14-17H2,1-4H3/t20-/m1/s1. The van der Waals surface area contributed by atoms with Gasteiger partial charge in [0.2, 0.25) is 0 Å². The van der Waals surface area contributed by atoms with Crippen molar-refractivity contribution < 1.29 is 14.6 Å². The van der Waals surface area contributed by atoms with Gasteiger partial charge >= 0.3 is 0 Å². The number of nitrogens with zero attached hydrogens (tertiary/aromatic N) is 3. The van der Waals surface area contributed by atoms with E-state index in [2.05, 4.69) is 41.7 Å². The third-order valence-electron chi connectivity index (χ3n) is 4.65. The topological polar surface area (TPSA) is 58.1 Å². The van der Waals surface area contributed by atoms with Gasteiger partial charge in [0.25, 0.3) is 0 Å². The van der Waals surface area contributed by atoms with Crippen molar-refractivity contribution in [1.29, 1.82) is 0 Å². The van der Waals surface area contributed by atoms with Gasteiger partial charge in [-0.15, -0.1) is 0 Å². The number of aliphatic hydroxyl groups excluding tert-OH is 1. The number of aliphatic hydroxyl groups is 1. The zero-order chi connectivity index (χ0) is 20.4. The van der Waals surface area contributed by atoms with Crippen LogP contribution in [0.3, 0.4) is 0 Å². The Bertz CT molecular complexity index is 693. The molecule has 0 aliphatic rings. The monoisotopic (exact) mass is 387 g/mol. The number of aromatic nitrogens is 1. The third kappa shape index (κ3) is 7.11. The molecule has 154 valence electrons. The number of rotatable bonds is 12. The van der Waals surface area contributed by atoms with E-state index < -0.39 is 6.10 Å². The summed E-state index contributed by atoms with van der Waals surface area (Å²) in [6.45, 7) is 8.43. The summed E-state index contributed by atoms with van der Waals surface area (Å²) in [5.74, 6) is 1.34. The predicted molar refractivity (Wildman–Crippen MR) is 112 cm³/mol. The van der Waals surface area contributed by atoms with E-state index in [-0.39, 0.29) is 6.61 Å². The molecule has 0 bridgehead atoms. The molecule has 0 amide bonds. The van der Waals surface area contributed by atoms with Gasteiger partial charge in [-0.1, -0.05) is 26.0 Å². The summed E-state index contributed by atoms with van der Waals surface area (Å²) in [5, 5.41) is 10.3. The van der Waals surface area contributed by atoms with Crippen LogP contribution in [0.2, 0.25) is 0 Å². The maximum Gasteiger partial charge on any atom is 0.161 e. The van der Waals surface area contributed by atoms with Crippen molar-refractivity contribution in [2.24, 2.45) is 0 Å². The number of methoxy groups -OCH3 is 1. The van der Waals surface area contributed by atoms with Gasteiger partial charge < -0.3 is 19.5 Å². The largest absolute Gasteiger partial charge is 0.493 e. The maximum absolute atomic E-state index is 10.3. The molecule has 0 saturated carbocycles. The van der Waals surface area contributed by atoms with E-state index >= 15 is 0 Å². The fourth-order valence-electron chi connectivity index (χ4n) is 3.12. The summed E-state index contributed by atoms with van der Waals surface area (Å²) < 4.78 is 11.3. The number of pyridine rings is 1. The molecule has 1 N–H and O–H groups in total. The normalized spacial score (nSPS) is 12.4. The second-order valence-corrected chi connectivity index (χ2v) is 6.97. The van der Waals surface area contributed by atoms with E-state index in [1.165, 1.54) is 5.56 Å². The molecule has 0 unspecified atom stereocenters. The molecule has 1 heterocycles. The predicted octanol–water partition coefficient (Wildman–Crippen LogP) is 2.80. The Morgan fingerprint density at radius 2 is 1.82 bits per heavy atom. The Morgan fingerprint density at radius 1 is 1.07 bits per heavy atom. The molecule has 0 aliphatic heterocycles. The average molecular weight is 388 g/mol. The zero-order valence-electron chi connectivity index (χ0n) is 17.5. The van der Waals surface area contributed by atoms with Crippen LogP contribution in [0.5, 0.6) is 11.5 Å². The van der Waals surface area contributed by atoms with Gasteiger partial charge in [0.15, 0.2) is 11.5 Å². The quantitative estimate of drug-likeness (QED) is 0.604. The second-order valence-electron chi connectivity index (χ2n) is 6.97. The number of hydrogen-bond acceptors (Lipinski definition) is 6. The summed E-state index contributed by atoms with van der Waals surface area (Å²) in [5.41, 5.74) is 2.30. The Hall–Kier alpha value is -2.15. The summed E-state index contributed by atoms with van der Waals surface area (Å²) in [6, 6.07) is 9.97. The van der Waals surface area contributed by atoms with E-state index in [0.29, 0.717) is 18.0 Å². The van der Waals surface area contributed by atoms with Crippen LogP contribution in [0.4, 0.5) is 0 Å². The lowest BCUT2D eigenvalue weighted by molar-refractivity contribution is 0.0705. The van der Waals surface area contributed by atoms with Crippen LogP contribution >= 0.6 is 0 Å². The summed E-state index contributed by atoms with van der Waals surface area (Å²) in [6.07, 6.45) is 3.13. The lowest BCUT2D eigenvalue weighted by Gasteiger charge is -2.22. The lowest BCUT2D eigenvalue weighted by atomic mass is 10.1. The Balaban J connectivity index is 1.96. The molecular weight excluding hydrogens is 354 g/mol. The highest BCUT2D eigenvalue weighted by Gasteiger charge is 2.13. The van der Waals surface area contributed by atoms with Crippen molar-refractivity contribution in [3.8, 4) is 11.5 Å². The molecule has 6 nitrogen and oxygen atoms in total. The summed E-state index contributed by atoms with van der Waals surface area (Å²) in [4.78, 5) is 8.56. The molecule has 1 atom stereocenters. The number of ether oxygens (including phenoxy) is 2.